The predicted octanol–water partition coefficient (Wildman–Crippen LogP) is 5.57. The van der Waals surface area contributed by atoms with E-state index in [0.29, 0.717) is 0 Å². The van der Waals surface area contributed by atoms with Crippen molar-refractivity contribution in [3.8, 4) is 0 Å². The third kappa shape index (κ3) is 6.46. The third-order valence-electron chi connectivity index (χ3n) is 7.80. The summed E-state index contributed by atoms with van der Waals surface area (Å²) in [4.78, 5) is 1.91. The Balaban J connectivity index is 1.78. The van der Waals surface area contributed by atoms with Crippen LogP contribution in [0.25, 0.3) is 0 Å². The van der Waals surface area contributed by atoms with Gasteiger partial charge in [-0.3, -0.25) is 9.11 Å². The molecule has 0 saturated carbocycles. The van der Waals surface area contributed by atoms with E-state index in [4.69, 9.17) is 4.55 Å². The van der Waals surface area contributed by atoms with Crippen LogP contribution in [0.2, 0.25) is 0 Å². The lowest BCUT2D eigenvalue weighted by Crippen LogP contribution is -2.26. The lowest BCUT2D eigenvalue weighted by atomic mass is 9.81. The maximum absolute atomic E-state index is 11.7. The average Bonchev–Trinajstić information content (AvgIpc) is 3.11. The lowest BCUT2D eigenvalue weighted by molar-refractivity contribution is -0.401. The fourth-order valence-electron chi connectivity index (χ4n) is 5.26. The molecule has 10 heteroatoms. The second kappa shape index (κ2) is 11.1. The van der Waals surface area contributed by atoms with Crippen molar-refractivity contribution in [3.63, 3.8) is 0 Å². The van der Waals surface area contributed by atoms with Crippen LogP contribution >= 0.6 is 0 Å². The first-order valence-corrected chi connectivity index (χ1v) is 15.9. The van der Waals surface area contributed by atoms with Gasteiger partial charge in [0.05, 0.1) is 16.1 Å². The summed E-state index contributed by atoms with van der Waals surface area (Å²) in [5.41, 5.74) is 6.08. The Labute approximate surface area is 238 Å². The number of fused-ring (bicyclic) bond motifs is 1. The van der Waals surface area contributed by atoms with Gasteiger partial charge in [-0.05, 0) is 57.6 Å². The molecule has 0 saturated heterocycles. The highest BCUT2D eigenvalue weighted by molar-refractivity contribution is 7.86. The minimum absolute atomic E-state index is 0.115. The van der Waals surface area contributed by atoms with E-state index in [1.54, 1.807) is 12.1 Å². The van der Waals surface area contributed by atoms with Crippen LogP contribution in [0.15, 0.2) is 94.2 Å². The SMILES string of the molecule is CC1=C(/C=C\CS(=O)(=O)O)N(C)/C(=C/C=C/C(C)=C/C=C/C2=[N+](C)c3ccc(S(=O)(=O)O)cc3C2(C)C)C1(C)C. The highest BCUT2D eigenvalue weighted by Crippen LogP contribution is 2.46. The summed E-state index contributed by atoms with van der Waals surface area (Å²) in [7, 11) is -4.48. The van der Waals surface area contributed by atoms with Crippen molar-refractivity contribution in [3.05, 3.63) is 94.9 Å². The number of hydrogen-bond acceptors (Lipinski definition) is 5. The van der Waals surface area contributed by atoms with Crippen molar-refractivity contribution >= 4 is 31.6 Å². The minimum Gasteiger partial charge on any atom is -0.347 e. The number of likely N-dealkylation sites (N-methyl/N-ethyl adjacent to an activating group) is 1. The number of nitrogens with zero attached hydrogens (tertiary/aromatic N) is 2. The summed E-state index contributed by atoms with van der Waals surface area (Å²) >= 11 is 0. The van der Waals surface area contributed by atoms with Gasteiger partial charge >= 0.3 is 0 Å². The Morgan fingerprint density at radius 3 is 2.27 bits per heavy atom. The molecule has 2 N–H and O–H groups in total. The zero-order chi connectivity index (χ0) is 30.3. The van der Waals surface area contributed by atoms with E-state index < -0.39 is 31.4 Å². The van der Waals surface area contributed by atoms with Gasteiger partial charge in [0.25, 0.3) is 20.2 Å². The number of benzene rings is 1. The third-order valence-corrected chi connectivity index (χ3v) is 9.26. The zero-order valence-corrected chi connectivity index (χ0v) is 25.9. The second-order valence-corrected chi connectivity index (χ2v) is 14.2. The molecule has 0 amide bonds. The summed E-state index contributed by atoms with van der Waals surface area (Å²) in [6, 6.07) is 4.66. The molecule has 1 aromatic carbocycles. The average molecular weight is 588 g/mol. The summed E-state index contributed by atoms with van der Waals surface area (Å²) in [5, 5.41) is 0. The molecule has 2 aliphatic heterocycles. The molecule has 216 valence electrons. The highest BCUT2D eigenvalue weighted by atomic mass is 32.2. The maximum atomic E-state index is 11.7. The van der Waals surface area contributed by atoms with Crippen LogP contribution in [0, 0.1) is 5.41 Å². The van der Waals surface area contributed by atoms with Crippen molar-refractivity contribution in [2.24, 2.45) is 5.41 Å². The standard InChI is InChI=1S/C30H38N2O6S2/c1-21(12-9-15-27-29(3,4)22(2)25(31(27)7)14-11-19-39(33,34)35)13-10-16-28-30(5,6)24-20-23(40(36,37)38)17-18-26(24)32(28)8/h9-18,20H,19H2,1-8H3,(H-,33,34,35,36,37,38)/p+1/b14-11-. The zero-order valence-electron chi connectivity index (χ0n) is 24.3. The summed E-state index contributed by atoms with van der Waals surface area (Å²) in [5.74, 6) is -0.432. The molecule has 3 rings (SSSR count). The van der Waals surface area contributed by atoms with Gasteiger partial charge < -0.3 is 4.90 Å². The molecule has 8 nitrogen and oxygen atoms in total. The van der Waals surface area contributed by atoms with Crippen molar-refractivity contribution in [1.29, 1.82) is 0 Å². The monoisotopic (exact) mass is 587 g/mol. The molecule has 0 aliphatic carbocycles. The van der Waals surface area contributed by atoms with Crippen molar-refractivity contribution < 1.29 is 30.5 Å². The van der Waals surface area contributed by atoms with Crippen molar-refractivity contribution in [2.45, 2.75) is 51.9 Å². The Bertz CT molecular complexity index is 1650. The second-order valence-electron chi connectivity index (χ2n) is 11.2. The molecule has 1 aromatic rings. The van der Waals surface area contributed by atoms with Gasteiger partial charge in [-0.2, -0.15) is 21.4 Å². The van der Waals surface area contributed by atoms with Crippen LogP contribution in [-0.4, -0.2) is 61.0 Å². The van der Waals surface area contributed by atoms with Gasteiger partial charge in [-0.25, -0.2) is 0 Å². The first kappa shape index (κ1) is 31.5. The summed E-state index contributed by atoms with van der Waals surface area (Å²) in [6.45, 7) is 12.3. The fourth-order valence-corrected chi connectivity index (χ4v) is 6.11. The molecule has 0 spiro atoms. The Hall–Kier alpha value is -3.05. The number of allylic oxidation sites excluding steroid dienone is 9. The topological polar surface area (TPSA) is 115 Å². The van der Waals surface area contributed by atoms with Gasteiger partial charge in [0.1, 0.15) is 7.05 Å². The number of rotatable bonds is 8. The number of hydrogen-bond donors (Lipinski definition) is 2. The van der Waals surface area contributed by atoms with Gasteiger partial charge in [-0.1, -0.05) is 49.8 Å². The quantitative estimate of drug-likeness (QED) is 0.232. The van der Waals surface area contributed by atoms with Gasteiger partial charge in [0.15, 0.2) is 5.71 Å². The van der Waals surface area contributed by atoms with Crippen LogP contribution in [-0.2, 0) is 25.7 Å². The van der Waals surface area contributed by atoms with Crippen LogP contribution in [0.4, 0.5) is 5.69 Å². The van der Waals surface area contributed by atoms with Crippen molar-refractivity contribution in [1.82, 2.24) is 4.90 Å². The minimum atomic E-state index is -4.29. The van der Waals surface area contributed by atoms with E-state index in [1.807, 2.05) is 87.7 Å². The van der Waals surface area contributed by atoms with Crippen LogP contribution < -0.4 is 0 Å². The molecular formula is C30H39N2O6S2+. The molecule has 0 unspecified atom stereocenters. The molecule has 2 heterocycles. The van der Waals surface area contributed by atoms with E-state index in [9.17, 15) is 21.4 Å². The van der Waals surface area contributed by atoms with Crippen LogP contribution in [0.3, 0.4) is 0 Å². The maximum Gasteiger partial charge on any atom is 0.294 e. The van der Waals surface area contributed by atoms with Gasteiger partial charge in [0, 0.05) is 41.6 Å². The first-order valence-electron chi connectivity index (χ1n) is 12.8. The van der Waals surface area contributed by atoms with Crippen LogP contribution in [0.1, 0.15) is 47.1 Å². The van der Waals surface area contributed by atoms with E-state index in [1.165, 1.54) is 18.2 Å². The smallest absolute Gasteiger partial charge is 0.294 e. The Kier molecular flexibility index (Phi) is 8.72. The molecule has 0 aromatic heterocycles. The molecule has 0 atom stereocenters. The van der Waals surface area contributed by atoms with E-state index >= 15 is 0 Å². The van der Waals surface area contributed by atoms with E-state index in [0.717, 1.165) is 39.5 Å². The molecular weight excluding hydrogens is 548 g/mol. The van der Waals surface area contributed by atoms with Gasteiger partial charge in [0.2, 0.25) is 5.69 Å². The molecule has 0 radical (unpaired) electrons. The molecule has 0 bridgehead atoms. The molecule has 2 aliphatic rings. The highest BCUT2D eigenvalue weighted by Gasteiger charge is 2.43. The molecule has 0 fully saturated rings. The largest absolute Gasteiger partial charge is 0.347 e. The fraction of sp³-hybridized carbons (Fsp3) is 0.367. The summed E-state index contributed by atoms with van der Waals surface area (Å²) in [6.07, 6.45) is 15.2. The lowest BCUT2D eigenvalue weighted by Gasteiger charge is -2.25. The Morgan fingerprint density at radius 1 is 1.02 bits per heavy atom. The van der Waals surface area contributed by atoms with Gasteiger partial charge in [-0.15, -0.1) is 0 Å². The van der Waals surface area contributed by atoms with Crippen LogP contribution in [0.5, 0.6) is 0 Å². The van der Waals surface area contributed by atoms with E-state index in [-0.39, 0.29) is 10.3 Å². The normalized spacial score (nSPS) is 20.8. The van der Waals surface area contributed by atoms with Crippen molar-refractivity contribution in [2.75, 3.05) is 19.8 Å². The first-order chi connectivity index (χ1) is 18.3. The summed E-state index contributed by atoms with van der Waals surface area (Å²) < 4.78 is 66.0. The molecule has 40 heavy (non-hydrogen) atoms. The Morgan fingerprint density at radius 2 is 1.68 bits per heavy atom. The predicted molar refractivity (Wildman–Crippen MR) is 160 cm³/mol. The van der Waals surface area contributed by atoms with E-state index in [2.05, 4.69) is 13.8 Å².